The summed E-state index contributed by atoms with van der Waals surface area (Å²) in [7, 11) is -4.98. The molecule has 0 aliphatic rings. The van der Waals surface area contributed by atoms with E-state index >= 15 is 0 Å². The number of nitrogens with one attached hydrogen (secondary N) is 1. The zero-order valence-corrected chi connectivity index (χ0v) is 14.0. The number of sulfonamides is 1. The van der Waals surface area contributed by atoms with E-state index in [1.165, 1.54) is 18.4 Å². The zero-order valence-electron chi connectivity index (χ0n) is 10.8. The Morgan fingerprint density at radius 3 is 2.60 bits per heavy atom. The van der Waals surface area contributed by atoms with Gasteiger partial charge in [0, 0.05) is 33.3 Å². The number of hydrogen-bond acceptors (Lipinski definition) is 4. The van der Waals surface area contributed by atoms with E-state index in [2.05, 4.69) is 20.7 Å². The highest BCUT2D eigenvalue weighted by atomic mass is 79.9. The van der Waals surface area contributed by atoms with Crippen molar-refractivity contribution in [3.8, 4) is 0 Å². The van der Waals surface area contributed by atoms with Gasteiger partial charge in [-0.15, -0.1) is 0 Å². The van der Waals surface area contributed by atoms with Gasteiger partial charge in [-0.25, -0.2) is 17.9 Å². The van der Waals surface area contributed by atoms with E-state index in [4.69, 9.17) is 5.11 Å². The van der Waals surface area contributed by atoms with Gasteiger partial charge in [0.15, 0.2) is 0 Å². The van der Waals surface area contributed by atoms with Crippen LogP contribution in [0.5, 0.6) is 0 Å². The van der Waals surface area contributed by atoms with Crippen molar-refractivity contribution in [3.05, 3.63) is 28.2 Å². The first-order chi connectivity index (χ1) is 9.15. The van der Waals surface area contributed by atoms with Gasteiger partial charge in [0.1, 0.15) is 0 Å². The van der Waals surface area contributed by atoms with Gasteiger partial charge >= 0.3 is 5.97 Å². The van der Waals surface area contributed by atoms with Gasteiger partial charge in [-0.1, -0.05) is 0 Å². The number of carbonyl (C=O) groups is 1. The van der Waals surface area contributed by atoms with Gasteiger partial charge in [0.25, 0.3) is 0 Å². The summed E-state index contributed by atoms with van der Waals surface area (Å²) in [6.45, 7) is 1.67. The molecule has 0 bridgehead atoms. The van der Waals surface area contributed by atoms with Crippen molar-refractivity contribution in [1.29, 1.82) is 0 Å². The molecular weight excluding hydrogens is 370 g/mol. The van der Waals surface area contributed by atoms with E-state index in [-0.39, 0.29) is 22.3 Å². The summed E-state index contributed by atoms with van der Waals surface area (Å²) in [5.74, 6) is -1.23. The molecule has 0 amide bonds. The van der Waals surface area contributed by atoms with Crippen molar-refractivity contribution in [1.82, 2.24) is 4.72 Å². The lowest BCUT2D eigenvalue weighted by molar-refractivity contribution is 0.0695. The lowest BCUT2D eigenvalue weighted by atomic mass is 10.2. The van der Waals surface area contributed by atoms with E-state index < -0.39 is 26.8 Å². The third kappa shape index (κ3) is 4.37. The summed E-state index contributed by atoms with van der Waals surface area (Å²) in [6, 6.07) is 3.73. The molecule has 1 aromatic rings. The minimum absolute atomic E-state index is 0.0178. The van der Waals surface area contributed by atoms with Crippen molar-refractivity contribution in [2.24, 2.45) is 0 Å². The topological polar surface area (TPSA) is 101 Å². The summed E-state index contributed by atoms with van der Waals surface area (Å²) in [5.41, 5.74) is -0.139. The Hall–Kier alpha value is -0.770. The number of benzene rings is 1. The van der Waals surface area contributed by atoms with Crippen LogP contribution < -0.4 is 4.72 Å². The molecule has 2 unspecified atom stereocenters. The van der Waals surface area contributed by atoms with Crippen LogP contribution in [-0.2, 0) is 20.8 Å². The van der Waals surface area contributed by atoms with Crippen molar-refractivity contribution in [2.45, 2.75) is 17.1 Å². The van der Waals surface area contributed by atoms with Crippen LogP contribution in [0.1, 0.15) is 17.3 Å². The molecule has 2 atom stereocenters. The summed E-state index contributed by atoms with van der Waals surface area (Å²) < 4.78 is 37.8. The Morgan fingerprint density at radius 2 is 2.10 bits per heavy atom. The number of hydrogen-bond donors (Lipinski definition) is 2. The number of aromatic carboxylic acids is 1. The van der Waals surface area contributed by atoms with E-state index in [9.17, 15) is 17.4 Å². The van der Waals surface area contributed by atoms with Crippen LogP contribution in [-0.4, -0.2) is 41.8 Å². The number of rotatable bonds is 6. The lowest BCUT2D eigenvalue weighted by Crippen LogP contribution is -2.32. The molecule has 2 N–H and O–H groups in total. The van der Waals surface area contributed by atoms with Crippen LogP contribution in [0.15, 0.2) is 27.6 Å². The first kappa shape index (κ1) is 17.3. The molecule has 0 spiro atoms. The molecule has 0 saturated carbocycles. The average molecular weight is 384 g/mol. The molecule has 20 heavy (non-hydrogen) atoms. The molecule has 112 valence electrons. The third-order valence-electron chi connectivity index (χ3n) is 2.61. The fourth-order valence-corrected chi connectivity index (χ4v) is 3.26. The largest absolute Gasteiger partial charge is 0.478 e. The van der Waals surface area contributed by atoms with Gasteiger partial charge in [-0.3, -0.25) is 4.21 Å². The number of carboxylic acids is 1. The summed E-state index contributed by atoms with van der Waals surface area (Å²) in [4.78, 5) is 10.8. The molecule has 0 aliphatic carbocycles. The summed E-state index contributed by atoms with van der Waals surface area (Å²) in [6.07, 6.45) is 1.49. The highest BCUT2D eigenvalue weighted by Gasteiger charge is 2.19. The van der Waals surface area contributed by atoms with Crippen molar-refractivity contribution >= 4 is 42.7 Å². The van der Waals surface area contributed by atoms with E-state index in [0.29, 0.717) is 4.47 Å². The monoisotopic (exact) mass is 383 g/mol. The van der Waals surface area contributed by atoms with Crippen LogP contribution in [0.4, 0.5) is 0 Å². The molecular formula is C11H14BrNO5S2. The third-order valence-corrected chi connectivity index (χ3v) is 6.02. The molecule has 0 aromatic heterocycles. The highest BCUT2D eigenvalue weighted by Crippen LogP contribution is 2.21. The number of carboxylic acid groups (broad SMARTS) is 1. The Kier molecular flexibility index (Phi) is 5.87. The fraction of sp³-hybridized carbons (Fsp3) is 0.364. The van der Waals surface area contributed by atoms with Crippen molar-refractivity contribution in [3.63, 3.8) is 0 Å². The molecule has 9 heteroatoms. The number of halogens is 1. The predicted octanol–water partition coefficient (Wildman–Crippen LogP) is 1.19. The van der Waals surface area contributed by atoms with Crippen LogP contribution >= 0.6 is 15.9 Å². The van der Waals surface area contributed by atoms with Gasteiger partial charge in [-0.2, -0.15) is 0 Å². The van der Waals surface area contributed by atoms with Crippen LogP contribution in [0.25, 0.3) is 0 Å². The first-order valence-electron chi connectivity index (χ1n) is 5.50. The minimum atomic E-state index is -3.83. The molecule has 0 aliphatic heterocycles. The standard InChI is InChI=1S/C11H14BrNO5S2/c1-7(19(2)16)6-13-20(17,18)8-3-4-10(12)9(5-8)11(14)15/h3-5,7,13H,6H2,1-2H3,(H,14,15). The van der Waals surface area contributed by atoms with Crippen molar-refractivity contribution < 1.29 is 22.5 Å². The highest BCUT2D eigenvalue weighted by molar-refractivity contribution is 9.10. The summed E-state index contributed by atoms with van der Waals surface area (Å²) >= 11 is 3.04. The summed E-state index contributed by atoms with van der Waals surface area (Å²) in [5, 5.41) is 8.63. The van der Waals surface area contributed by atoms with Gasteiger partial charge in [-0.05, 0) is 41.1 Å². The van der Waals surface area contributed by atoms with Gasteiger partial charge < -0.3 is 5.11 Å². The second-order valence-electron chi connectivity index (χ2n) is 4.11. The molecule has 1 rings (SSSR count). The molecule has 0 heterocycles. The van der Waals surface area contributed by atoms with Gasteiger partial charge in [0.2, 0.25) is 10.0 Å². The Morgan fingerprint density at radius 1 is 1.50 bits per heavy atom. The van der Waals surface area contributed by atoms with Gasteiger partial charge in [0.05, 0.1) is 10.5 Å². The second kappa shape index (κ2) is 6.79. The van der Waals surface area contributed by atoms with E-state index in [1.807, 2.05) is 0 Å². The molecule has 0 radical (unpaired) electrons. The maximum absolute atomic E-state index is 12.0. The van der Waals surface area contributed by atoms with Crippen molar-refractivity contribution in [2.75, 3.05) is 12.8 Å². The smallest absolute Gasteiger partial charge is 0.336 e. The Balaban J connectivity index is 3.01. The van der Waals surface area contributed by atoms with E-state index in [0.717, 1.165) is 6.07 Å². The fourth-order valence-electron chi connectivity index (χ4n) is 1.26. The lowest BCUT2D eigenvalue weighted by Gasteiger charge is -2.11. The molecule has 0 saturated heterocycles. The molecule has 6 nitrogen and oxygen atoms in total. The SMILES string of the molecule is CC(CNS(=O)(=O)c1ccc(Br)c(C(=O)O)c1)S(C)=O. The zero-order chi connectivity index (χ0) is 15.5. The van der Waals surface area contributed by atoms with Crippen LogP contribution in [0.3, 0.4) is 0 Å². The van der Waals surface area contributed by atoms with E-state index in [1.54, 1.807) is 6.92 Å². The predicted molar refractivity (Wildman–Crippen MR) is 79.8 cm³/mol. The normalized spacial score (nSPS) is 14.8. The average Bonchev–Trinajstić information content (AvgIpc) is 2.35. The molecule has 1 aromatic carbocycles. The quantitative estimate of drug-likeness (QED) is 0.768. The van der Waals surface area contributed by atoms with Crippen LogP contribution in [0, 0.1) is 0 Å². The Bertz CT molecular complexity index is 644. The minimum Gasteiger partial charge on any atom is -0.478 e. The van der Waals surface area contributed by atoms with Crippen LogP contribution in [0.2, 0.25) is 0 Å². The second-order valence-corrected chi connectivity index (χ2v) is 8.53. The Labute approximate surface area is 128 Å². The molecule has 0 fully saturated rings. The maximum atomic E-state index is 12.0. The first-order valence-corrected chi connectivity index (χ1v) is 9.39. The maximum Gasteiger partial charge on any atom is 0.336 e.